The number of furan rings is 1. The maximum Gasteiger partial charge on any atom is 0.295 e. The predicted octanol–water partition coefficient (Wildman–Crippen LogP) is 2.71. The van der Waals surface area contributed by atoms with Gasteiger partial charge in [-0.1, -0.05) is 6.92 Å². The van der Waals surface area contributed by atoms with E-state index in [9.17, 15) is 8.42 Å². The standard InChI is InChI=1S/C16H17N3O6S/c1-4-14-17-18-16(25-14)13-7-8-15(24-13)26(20,21)19-11-9-10(22-2)5-6-12(11)23-3/h5-9,19H,4H2,1-3H3. The monoisotopic (exact) mass is 379 g/mol. The lowest BCUT2D eigenvalue weighted by atomic mass is 10.3. The fraction of sp³-hybridized carbons (Fsp3) is 0.250. The minimum absolute atomic E-state index is 0.113. The van der Waals surface area contributed by atoms with Crippen molar-refractivity contribution in [3.05, 3.63) is 36.2 Å². The molecule has 0 saturated carbocycles. The summed E-state index contributed by atoms with van der Waals surface area (Å²) >= 11 is 0. The van der Waals surface area contributed by atoms with Crippen LogP contribution in [-0.4, -0.2) is 32.8 Å². The van der Waals surface area contributed by atoms with E-state index in [1.54, 1.807) is 12.1 Å². The van der Waals surface area contributed by atoms with Gasteiger partial charge < -0.3 is 18.3 Å². The van der Waals surface area contributed by atoms with E-state index in [2.05, 4.69) is 14.9 Å². The number of sulfonamides is 1. The van der Waals surface area contributed by atoms with Crippen LogP contribution in [0.2, 0.25) is 0 Å². The lowest BCUT2D eigenvalue weighted by Gasteiger charge is -2.11. The van der Waals surface area contributed by atoms with Crippen molar-refractivity contribution >= 4 is 15.7 Å². The van der Waals surface area contributed by atoms with Gasteiger partial charge in [0.05, 0.1) is 19.9 Å². The molecular formula is C16H17N3O6S. The molecule has 0 radical (unpaired) electrons. The summed E-state index contributed by atoms with van der Waals surface area (Å²) < 4.78 is 48.6. The van der Waals surface area contributed by atoms with Crippen molar-refractivity contribution in [1.29, 1.82) is 0 Å². The van der Waals surface area contributed by atoms with Crippen molar-refractivity contribution in [3.8, 4) is 23.1 Å². The highest BCUT2D eigenvalue weighted by Crippen LogP contribution is 2.32. The van der Waals surface area contributed by atoms with Crippen LogP contribution in [0.3, 0.4) is 0 Å². The van der Waals surface area contributed by atoms with Crippen molar-refractivity contribution in [2.45, 2.75) is 18.4 Å². The molecule has 0 aliphatic rings. The van der Waals surface area contributed by atoms with Crippen LogP contribution >= 0.6 is 0 Å². The molecule has 0 saturated heterocycles. The summed E-state index contributed by atoms with van der Waals surface area (Å²) in [6.07, 6.45) is 0.566. The number of nitrogens with one attached hydrogen (secondary N) is 1. The minimum atomic E-state index is -4.00. The Morgan fingerprint density at radius 2 is 1.88 bits per heavy atom. The molecule has 3 rings (SSSR count). The van der Waals surface area contributed by atoms with Crippen molar-refractivity contribution in [2.75, 3.05) is 18.9 Å². The molecule has 3 aromatic rings. The predicted molar refractivity (Wildman–Crippen MR) is 91.7 cm³/mol. The Kier molecular flexibility index (Phi) is 4.85. The van der Waals surface area contributed by atoms with Crippen LogP contribution in [0.4, 0.5) is 5.69 Å². The summed E-state index contributed by atoms with van der Waals surface area (Å²) in [5.41, 5.74) is 0.218. The Morgan fingerprint density at radius 1 is 1.08 bits per heavy atom. The molecule has 0 fully saturated rings. The van der Waals surface area contributed by atoms with Crippen LogP contribution in [0.15, 0.2) is 44.3 Å². The molecule has 2 aromatic heterocycles. The van der Waals surface area contributed by atoms with Gasteiger partial charge in [0, 0.05) is 12.5 Å². The van der Waals surface area contributed by atoms with Crippen LogP contribution in [0.25, 0.3) is 11.7 Å². The van der Waals surface area contributed by atoms with E-state index in [-0.39, 0.29) is 22.4 Å². The summed E-state index contributed by atoms with van der Waals surface area (Å²) in [4.78, 5) is 0. The average Bonchev–Trinajstić information content (AvgIpc) is 3.30. The number of nitrogens with zero attached hydrogens (tertiary/aromatic N) is 2. The van der Waals surface area contributed by atoms with Crippen LogP contribution in [0.1, 0.15) is 12.8 Å². The van der Waals surface area contributed by atoms with Gasteiger partial charge in [-0.15, -0.1) is 10.2 Å². The normalized spacial score (nSPS) is 11.3. The quantitative estimate of drug-likeness (QED) is 0.666. The highest BCUT2D eigenvalue weighted by atomic mass is 32.2. The lowest BCUT2D eigenvalue weighted by molar-refractivity contribution is 0.404. The first-order valence-electron chi connectivity index (χ1n) is 7.64. The number of ether oxygens (including phenoxy) is 2. The Bertz CT molecular complexity index is 1010. The molecule has 0 amide bonds. The van der Waals surface area contributed by atoms with Gasteiger partial charge in [-0.05, 0) is 24.3 Å². The Hall–Kier alpha value is -3.01. The van der Waals surface area contributed by atoms with Crippen LogP contribution in [0.5, 0.6) is 11.5 Å². The molecule has 0 unspecified atom stereocenters. The van der Waals surface area contributed by atoms with Gasteiger partial charge in [0.1, 0.15) is 11.5 Å². The van der Waals surface area contributed by atoms with Gasteiger partial charge >= 0.3 is 0 Å². The number of hydrogen-bond acceptors (Lipinski definition) is 8. The topological polar surface area (TPSA) is 117 Å². The zero-order valence-corrected chi connectivity index (χ0v) is 15.2. The summed E-state index contributed by atoms with van der Waals surface area (Å²) in [5, 5.41) is 7.35. The molecule has 10 heteroatoms. The Labute approximate surface area is 150 Å². The summed E-state index contributed by atoms with van der Waals surface area (Å²) in [6, 6.07) is 7.51. The van der Waals surface area contributed by atoms with Gasteiger partial charge in [-0.25, -0.2) is 0 Å². The first-order chi connectivity index (χ1) is 12.5. The number of methoxy groups -OCH3 is 2. The van der Waals surface area contributed by atoms with E-state index in [4.69, 9.17) is 18.3 Å². The fourth-order valence-electron chi connectivity index (χ4n) is 2.16. The lowest BCUT2D eigenvalue weighted by Crippen LogP contribution is -2.13. The molecule has 0 aliphatic carbocycles. The second-order valence-corrected chi connectivity index (χ2v) is 6.76. The third-order valence-electron chi connectivity index (χ3n) is 3.48. The van der Waals surface area contributed by atoms with Crippen LogP contribution < -0.4 is 14.2 Å². The minimum Gasteiger partial charge on any atom is -0.497 e. The first kappa shape index (κ1) is 17.8. The number of benzene rings is 1. The molecule has 0 spiro atoms. The smallest absolute Gasteiger partial charge is 0.295 e. The maximum absolute atomic E-state index is 12.6. The number of aromatic nitrogens is 2. The Balaban J connectivity index is 1.89. The molecule has 0 bridgehead atoms. The SMILES string of the molecule is CCc1nnc(-c2ccc(S(=O)(=O)Nc3cc(OC)ccc3OC)o2)o1. The maximum atomic E-state index is 12.6. The molecule has 0 atom stereocenters. The molecule has 0 aliphatic heterocycles. The largest absolute Gasteiger partial charge is 0.497 e. The summed E-state index contributed by atoms with van der Waals surface area (Å²) in [6.45, 7) is 1.86. The molecular weight excluding hydrogens is 362 g/mol. The first-order valence-corrected chi connectivity index (χ1v) is 9.12. The van der Waals surface area contributed by atoms with Crippen LogP contribution in [0, 0.1) is 0 Å². The number of aryl methyl sites for hydroxylation is 1. The van der Waals surface area contributed by atoms with Crippen molar-refractivity contribution < 1.29 is 26.7 Å². The summed E-state index contributed by atoms with van der Waals surface area (Å²) in [7, 11) is -1.08. The number of anilines is 1. The molecule has 138 valence electrons. The number of rotatable bonds is 7. The molecule has 26 heavy (non-hydrogen) atoms. The van der Waals surface area contributed by atoms with Gasteiger partial charge in [0.2, 0.25) is 11.0 Å². The van der Waals surface area contributed by atoms with Crippen molar-refractivity contribution in [2.24, 2.45) is 0 Å². The fourth-order valence-corrected chi connectivity index (χ4v) is 3.16. The van der Waals surface area contributed by atoms with Gasteiger partial charge in [0.15, 0.2) is 5.76 Å². The van der Waals surface area contributed by atoms with Crippen LogP contribution in [-0.2, 0) is 16.4 Å². The molecule has 1 aromatic carbocycles. The van der Waals surface area contributed by atoms with E-state index in [1.807, 2.05) is 6.92 Å². The summed E-state index contributed by atoms with van der Waals surface area (Å²) in [5.74, 6) is 1.52. The van der Waals surface area contributed by atoms with Gasteiger partial charge in [-0.3, -0.25) is 4.72 Å². The van der Waals surface area contributed by atoms with Crippen molar-refractivity contribution in [1.82, 2.24) is 10.2 Å². The van der Waals surface area contributed by atoms with E-state index < -0.39 is 10.0 Å². The average molecular weight is 379 g/mol. The zero-order chi connectivity index (χ0) is 18.7. The van der Waals surface area contributed by atoms with E-state index in [0.717, 1.165) is 0 Å². The van der Waals surface area contributed by atoms with E-state index >= 15 is 0 Å². The molecule has 2 heterocycles. The molecule has 1 N–H and O–H groups in total. The van der Waals surface area contributed by atoms with Gasteiger partial charge in [-0.2, -0.15) is 8.42 Å². The highest BCUT2D eigenvalue weighted by molar-refractivity contribution is 7.92. The molecule has 9 nitrogen and oxygen atoms in total. The third-order valence-corrected chi connectivity index (χ3v) is 4.72. The number of hydrogen-bond donors (Lipinski definition) is 1. The second kappa shape index (κ2) is 7.08. The highest BCUT2D eigenvalue weighted by Gasteiger charge is 2.23. The second-order valence-electron chi connectivity index (χ2n) is 5.14. The van der Waals surface area contributed by atoms with Gasteiger partial charge in [0.25, 0.3) is 15.9 Å². The zero-order valence-electron chi connectivity index (χ0n) is 14.3. The third kappa shape index (κ3) is 3.49. The van der Waals surface area contributed by atoms with Crippen molar-refractivity contribution in [3.63, 3.8) is 0 Å². The Morgan fingerprint density at radius 3 is 2.54 bits per heavy atom. The van der Waals surface area contributed by atoms with E-state index in [0.29, 0.717) is 23.8 Å². The van der Waals surface area contributed by atoms with E-state index in [1.165, 1.54) is 32.4 Å².